The Morgan fingerprint density at radius 3 is 2.08 bits per heavy atom. The van der Waals surface area contributed by atoms with E-state index in [0.717, 1.165) is 5.56 Å². The van der Waals surface area contributed by atoms with E-state index in [9.17, 15) is 14.4 Å². The quantitative estimate of drug-likeness (QED) is 0.481. The van der Waals surface area contributed by atoms with E-state index in [1.165, 1.54) is 17.3 Å². The summed E-state index contributed by atoms with van der Waals surface area (Å²) in [4.78, 5) is 35.6. The number of hydrogen-bond donors (Lipinski definition) is 0. The Kier molecular flexibility index (Phi) is 8.85. The smallest absolute Gasteiger partial charge is 0.374 e. The monoisotopic (exact) mass is 380 g/mol. The number of carbonyl (C=O) groups is 3. The van der Waals surface area contributed by atoms with Crippen LogP contribution in [-0.4, -0.2) is 36.2 Å². The van der Waals surface area contributed by atoms with Gasteiger partial charge in [-0.05, 0) is 30.4 Å². The fourth-order valence-electron chi connectivity index (χ4n) is 2.21. The van der Waals surface area contributed by atoms with Gasteiger partial charge in [-0.1, -0.05) is 45.0 Å². The van der Waals surface area contributed by atoms with Crippen molar-refractivity contribution in [3.8, 4) is 0 Å². The normalized spacial score (nSPS) is 12.3. The van der Waals surface area contributed by atoms with Crippen molar-refractivity contribution < 1.29 is 23.9 Å². The first-order valence-corrected chi connectivity index (χ1v) is 9.81. The molecule has 0 aliphatic rings. The first-order valence-electron chi connectivity index (χ1n) is 8.76. The zero-order valence-corrected chi connectivity index (χ0v) is 17.0. The summed E-state index contributed by atoms with van der Waals surface area (Å²) in [5.41, 5.74) is 2.34. The highest BCUT2D eigenvalue weighted by atomic mass is 32.2. The van der Waals surface area contributed by atoms with Gasteiger partial charge in [-0.3, -0.25) is 9.59 Å². The number of hydrogen-bond acceptors (Lipinski definition) is 6. The largest absolute Gasteiger partial charge is 0.465 e. The second kappa shape index (κ2) is 10.4. The summed E-state index contributed by atoms with van der Waals surface area (Å²) < 4.78 is 9.73. The standard InChI is InChI=1S/C20H28O5S/c1-6-24-18(22)16(21)12-17(19(23)25-7-2)26-13-14-8-10-15(11-9-14)20(3,4)5/h8-11,17H,6-7,12-13H2,1-5H3. The van der Waals surface area contributed by atoms with E-state index >= 15 is 0 Å². The Hall–Kier alpha value is -1.82. The molecule has 1 atom stereocenters. The molecular weight excluding hydrogens is 352 g/mol. The first-order chi connectivity index (χ1) is 12.2. The molecule has 5 nitrogen and oxygen atoms in total. The van der Waals surface area contributed by atoms with Crippen LogP contribution in [0.25, 0.3) is 0 Å². The number of rotatable bonds is 9. The molecule has 1 unspecified atom stereocenters. The fourth-order valence-corrected chi connectivity index (χ4v) is 3.27. The van der Waals surface area contributed by atoms with Crippen LogP contribution >= 0.6 is 11.8 Å². The van der Waals surface area contributed by atoms with Crippen molar-refractivity contribution in [1.29, 1.82) is 0 Å². The maximum absolute atomic E-state index is 12.1. The van der Waals surface area contributed by atoms with E-state index in [2.05, 4.69) is 32.9 Å². The molecule has 1 aromatic rings. The van der Waals surface area contributed by atoms with Gasteiger partial charge in [0.15, 0.2) is 0 Å². The molecule has 0 spiro atoms. The summed E-state index contributed by atoms with van der Waals surface area (Å²) >= 11 is 1.30. The van der Waals surface area contributed by atoms with E-state index in [1.54, 1.807) is 13.8 Å². The summed E-state index contributed by atoms with van der Waals surface area (Å²) in [7, 11) is 0. The van der Waals surface area contributed by atoms with Crippen molar-refractivity contribution in [1.82, 2.24) is 0 Å². The van der Waals surface area contributed by atoms with E-state index < -0.39 is 23.0 Å². The lowest BCUT2D eigenvalue weighted by Gasteiger charge is -2.19. The molecule has 0 fully saturated rings. The number of esters is 2. The molecule has 0 aliphatic carbocycles. The number of ether oxygens (including phenoxy) is 2. The van der Waals surface area contributed by atoms with Gasteiger partial charge in [0.1, 0.15) is 5.25 Å². The maximum atomic E-state index is 12.1. The van der Waals surface area contributed by atoms with Crippen LogP contribution in [0.3, 0.4) is 0 Å². The van der Waals surface area contributed by atoms with Gasteiger partial charge in [-0.15, -0.1) is 11.8 Å². The van der Waals surface area contributed by atoms with Gasteiger partial charge in [0.05, 0.1) is 13.2 Å². The molecule has 1 aromatic carbocycles. The lowest BCUT2D eigenvalue weighted by molar-refractivity contribution is -0.154. The number of benzene rings is 1. The van der Waals surface area contributed by atoms with Crippen molar-refractivity contribution in [3.63, 3.8) is 0 Å². The molecule has 0 N–H and O–H groups in total. The third kappa shape index (κ3) is 7.20. The second-order valence-electron chi connectivity index (χ2n) is 6.85. The van der Waals surface area contributed by atoms with Gasteiger partial charge in [0, 0.05) is 12.2 Å². The molecule has 0 aromatic heterocycles. The first kappa shape index (κ1) is 22.2. The van der Waals surface area contributed by atoms with Gasteiger partial charge in [-0.25, -0.2) is 4.79 Å². The number of carbonyl (C=O) groups excluding carboxylic acids is 3. The zero-order chi connectivity index (χ0) is 19.7. The average molecular weight is 381 g/mol. The molecular formula is C20H28O5S. The zero-order valence-electron chi connectivity index (χ0n) is 16.2. The van der Waals surface area contributed by atoms with Crippen molar-refractivity contribution in [2.24, 2.45) is 0 Å². The average Bonchev–Trinajstić information content (AvgIpc) is 2.58. The van der Waals surface area contributed by atoms with Crippen LogP contribution in [0.2, 0.25) is 0 Å². The van der Waals surface area contributed by atoms with Crippen LogP contribution in [-0.2, 0) is 35.0 Å². The lowest BCUT2D eigenvalue weighted by Crippen LogP contribution is -2.28. The minimum atomic E-state index is -0.906. The molecule has 0 heterocycles. The highest BCUT2D eigenvalue weighted by molar-refractivity contribution is 7.99. The molecule has 26 heavy (non-hydrogen) atoms. The third-order valence-corrected chi connectivity index (χ3v) is 4.96. The molecule has 0 amide bonds. The predicted molar refractivity (Wildman–Crippen MR) is 103 cm³/mol. The summed E-state index contributed by atoms with van der Waals surface area (Å²) in [6.45, 7) is 10.1. The summed E-state index contributed by atoms with van der Waals surface area (Å²) in [6.07, 6.45) is -0.220. The Labute approximate surface area is 159 Å². The van der Waals surface area contributed by atoms with Crippen LogP contribution in [0.4, 0.5) is 0 Å². The van der Waals surface area contributed by atoms with Crippen molar-refractivity contribution in [3.05, 3.63) is 35.4 Å². The van der Waals surface area contributed by atoms with E-state index in [4.69, 9.17) is 9.47 Å². The van der Waals surface area contributed by atoms with Gasteiger partial charge >= 0.3 is 11.9 Å². The molecule has 0 aliphatic heterocycles. The van der Waals surface area contributed by atoms with Gasteiger partial charge < -0.3 is 9.47 Å². The minimum Gasteiger partial charge on any atom is -0.465 e. The summed E-state index contributed by atoms with van der Waals surface area (Å²) in [5.74, 6) is -1.55. The topological polar surface area (TPSA) is 69.7 Å². The molecule has 1 rings (SSSR count). The SMILES string of the molecule is CCOC(=O)C(=O)CC(SCc1ccc(C(C)(C)C)cc1)C(=O)OCC. The van der Waals surface area contributed by atoms with Crippen LogP contribution in [0.15, 0.2) is 24.3 Å². The van der Waals surface area contributed by atoms with Crippen molar-refractivity contribution in [2.45, 2.75) is 57.5 Å². The molecule has 0 saturated heterocycles. The van der Waals surface area contributed by atoms with E-state index in [-0.39, 0.29) is 25.0 Å². The second-order valence-corrected chi connectivity index (χ2v) is 8.04. The highest BCUT2D eigenvalue weighted by Crippen LogP contribution is 2.26. The highest BCUT2D eigenvalue weighted by Gasteiger charge is 2.27. The van der Waals surface area contributed by atoms with Crippen LogP contribution in [0.1, 0.15) is 52.2 Å². The Bertz CT molecular complexity index is 616. The molecule has 144 valence electrons. The summed E-state index contributed by atoms with van der Waals surface area (Å²) in [6, 6.07) is 8.17. The van der Waals surface area contributed by atoms with Crippen molar-refractivity contribution in [2.75, 3.05) is 13.2 Å². The van der Waals surface area contributed by atoms with Crippen molar-refractivity contribution >= 4 is 29.5 Å². The lowest BCUT2D eigenvalue weighted by atomic mass is 9.87. The number of thioether (sulfide) groups is 1. The minimum absolute atomic E-state index is 0.0746. The molecule has 0 saturated carbocycles. The van der Waals surface area contributed by atoms with Gasteiger partial charge in [0.2, 0.25) is 5.78 Å². The van der Waals surface area contributed by atoms with Gasteiger partial charge in [0.25, 0.3) is 0 Å². The Morgan fingerprint density at radius 1 is 1.00 bits per heavy atom. The van der Waals surface area contributed by atoms with Crippen LogP contribution in [0, 0.1) is 0 Å². The summed E-state index contributed by atoms with van der Waals surface area (Å²) in [5, 5.41) is -0.728. The van der Waals surface area contributed by atoms with Crippen LogP contribution < -0.4 is 0 Å². The van der Waals surface area contributed by atoms with E-state index in [1.807, 2.05) is 12.1 Å². The van der Waals surface area contributed by atoms with Crippen LogP contribution in [0.5, 0.6) is 0 Å². The Balaban J connectivity index is 2.75. The predicted octanol–water partition coefficient (Wildman–Crippen LogP) is 3.67. The third-order valence-electron chi connectivity index (χ3n) is 3.69. The molecule has 0 bridgehead atoms. The molecule has 0 radical (unpaired) electrons. The Morgan fingerprint density at radius 2 is 1.58 bits per heavy atom. The molecule has 6 heteroatoms. The number of Topliss-reactive ketones (excluding diaryl/α,β-unsaturated/α-hetero) is 1. The van der Waals surface area contributed by atoms with E-state index in [0.29, 0.717) is 5.75 Å². The maximum Gasteiger partial charge on any atom is 0.374 e. The van der Waals surface area contributed by atoms with Gasteiger partial charge in [-0.2, -0.15) is 0 Å². The fraction of sp³-hybridized carbons (Fsp3) is 0.550. The number of ketones is 1.